The van der Waals surface area contributed by atoms with Gasteiger partial charge >= 0.3 is 0 Å². The average Bonchev–Trinajstić information content (AvgIpc) is 3.63. The van der Waals surface area contributed by atoms with Crippen LogP contribution >= 0.6 is 23.2 Å². The van der Waals surface area contributed by atoms with E-state index in [0.29, 0.717) is 39.6 Å². The number of rotatable bonds is 11. The maximum atomic E-state index is 13.4. The number of ether oxygens (including phenoxy) is 2. The molecular weight excluding hydrogens is 663 g/mol. The fraction of sp³-hybridized carbons (Fsp3) is 0.378. The van der Waals surface area contributed by atoms with Gasteiger partial charge in [0.25, 0.3) is 5.91 Å². The third kappa shape index (κ3) is 7.01. The molecule has 0 spiro atoms. The van der Waals surface area contributed by atoms with Crippen LogP contribution in [0.4, 0.5) is 5.69 Å². The van der Waals surface area contributed by atoms with Crippen LogP contribution in [0.15, 0.2) is 48.5 Å². The third-order valence-electron chi connectivity index (χ3n) is 9.49. The van der Waals surface area contributed by atoms with Crippen molar-refractivity contribution in [2.45, 2.75) is 58.3 Å². The van der Waals surface area contributed by atoms with Gasteiger partial charge in [-0.25, -0.2) is 4.98 Å². The number of likely N-dealkylation sites (N-methyl/N-ethyl adjacent to an activating group) is 1. The Labute approximate surface area is 296 Å². The van der Waals surface area contributed by atoms with E-state index in [2.05, 4.69) is 33.6 Å². The van der Waals surface area contributed by atoms with Crippen LogP contribution in [-0.4, -0.2) is 53.0 Å². The zero-order valence-electron chi connectivity index (χ0n) is 28.4. The van der Waals surface area contributed by atoms with Crippen LogP contribution in [0.1, 0.15) is 65.1 Å². The number of anilines is 1. The molecule has 2 aliphatic rings. The zero-order valence-corrected chi connectivity index (χ0v) is 29.9. The summed E-state index contributed by atoms with van der Waals surface area (Å²) in [5, 5.41) is 7.12. The summed E-state index contributed by atoms with van der Waals surface area (Å²) in [5.41, 5.74) is 12.9. The summed E-state index contributed by atoms with van der Waals surface area (Å²) >= 11 is 13.8. The fourth-order valence-corrected chi connectivity index (χ4v) is 7.41. The molecule has 258 valence electrons. The Morgan fingerprint density at radius 1 is 1.06 bits per heavy atom. The lowest BCUT2D eigenvalue weighted by molar-refractivity contribution is -0.121. The highest BCUT2D eigenvalue weighted by Gasteiger charge is 2.29. The molecule has 1 aliphatic heterocycles. The summed E-state index contributed by atoms with van der Waals surface area (Å²) in [6.45, 7) is 5.87. The number of imidazole rings is 1. The molecule has 49 heavy (non-hydrogen) atoms. The van der Waals surface area contributed by atoms with Gasteiger partial charge in [-0.3, -0.25) is 9.59 Å². The highest BCUT2D eigenvalue weighted by molar-refractivity contribution is 6.36. The minimum atomic E-state index is -0.484. The molecule has 12 heteroatoms. The van der Waals surface area contributed by atoms with Crippen molar-refractivity contribution in [1.82, 2.24) is 19.8 Å². The lowest BCUT2D eigenvalue weighted by Gasteiger charge is -2.21. The van der Waals surface area contributed by atoms with Crippen molar-refractivity contribution in [2.75, 3.05) is 26.0 Å². The van der Waals surface area contributed by atoms with Crippen LogP contribution in [0.25, 0.3) is 11.1 Å². The second-order valence-electron chi connectivity index (χ2n) is 13.1. The number of aromatic nitrogens is 2. The number of methoxy groups -OCH3 is 1. The third-order valence-corrected chi connectivity index (χ3v) is 10.2. The highest BCUT2D eigenvalue weighted by atomic mass is 35.5. The molecule has 0 fully saturated rings. The number of amides is 2. The lowest BCUT2D eigenvalue weighted by atomic mass is 9.96. The van der Waals surface area contributed by atoms with Gasteiger partial charge in [0, 0.05) is 56.0 Å². The van der Waals surface area contributed by atoms with E-state index >= 15 is 0 Å². The number of carbonyl (C=O) groups is 2. The smallest absolute Gasteiger partial charge is 0.291 e. The molecule has 0 saturated carbocycles. The first-order valence-corrected chi connectivity index (χ1v) is 17.2. The first-order chi connectivity index (χ1) is 23.5. The number of hydrogen-bond acceptors (Lipinski definition) is 7. The van der Waals surface area contributed by atoms with Crippen molar-refractivity contribution in [3.8, 4) is 22.6 Å². The molecule has 1 aromatic heterocycles. The number of halogens is 2. The molecule has 4 aromatic rings. The van der Waals surface area contributed by atoms with Gasteiger partial charge in [-0.15, -0.1) is 0 Å². The van der Waals surface area contributed by atoms with Gasteiger partial charge in [0.15, 0.2) is 5.82 Å². The quantitative estimate of drug-likeness (QED) is 0.167. The first kappa shape index (κ1) is 34.8. The first-order valence-electron chi connectivity index (χ1n) is 16.5. The van der Waals surface area contributed by atoms with Crippen LogP contribution in [-0.2, 0) is 37.8 Å². The minimum absolute atomic E-state index is 0.0318. The molecule has 0 bridgehead atoms. The van der Waals surface area contributed by atoms with Crippen molar-refractivity contribution in [1.29, 1.82) is 0 Å². The number of hydrogen-bond donors (Lipinski definition) is 3. The van der Waals surface area contributed by atoms with E-state index in [1.165, 1.54) is 0 Å². The van der Waals surface area contributed by atoms with Gasteiger partial charge in [-0.2, -0.15) is 0 Å². The molecule has 0 radical (unpaired) electrons. The number of nitrogens with two attached hydrogens (primary N) is 1. The minimum Gasteiger partial charge on any atom is -0.496 e. The number of carbonyl (C=O) groups excluding carboxylic acids is 2. The Kier molecular flexibility index (Phi) is 10.2. The Balaban J connectivity index is 1.21. The molecule has 2 unspecified atom stereocenters. The normalized spacial score (nSPS) is 16.3. The van der Waals surface area contributed by atoms with Gasteiger partial charge in [0.2, 0.25) is 5.91 Å². The molecule has 2 amide bonds. The van der Waals surface area contributed by atoms with E-state index in [9.17, 15) is 9.59 Å². The van der Waals surface area contributed by atoms with Crippen molar-refractivity contribution in [3.05, 3.63) is 92.5 Å². The van der Waals surface area contributed by atoms with Gasteiger partial charge in [-0.05, 0) is 54.6 Å². The zero-order chi connectivity index (χ0) is 35.0. The predicted molar refractivity (Wildman–Crippen MR) is 192 cm³/mol. The monoisotopic (exact) mass is 704 g/mol. The lowest BCUT2D eigenvalue weighted by Crippen LogP contribution is -2.44. The molecule has 4 N–H and O–H groups in total. The van der Waals surface area contributed by atoms with Crippen LogP contribution in [0.5, 0.6) is 11.5 Å². The molecule has 2 atom stereocenters. The van der Waals surface area contributed by atoms with E-state index in [-0.39, 0.29) is 17.9 Å². The molecule has 10 nitrogen and oxygen atoms in total. The fourth-order valence-electron chi connectivity index (χ4n) is 6.90. The Hall–Kier alpha value is -4.09. The summed E-state index contributed by atoms with van der Waals surface area (Å²) in [6, 6.07) is 14.9. The van der Waals surface area contributed by atoms with Crippen molar-refractivity contribution >= 4 is 40.7 Å². The Morgan fingerprint density at radius 2 is 1.82 bits per heavy atom. The highest BCUT2D eigenvalue weighted by Crippen LogP contribution is 2.45. The van der Waals surface area contributed by atoms with Crippen LogP contribution < -0.4 is 25.8 Å². The Morgan fingerprint density at radius 3 is 2.55 bits per heavy atom. The number of benzene rings is 3. The summed E-state index contributed by atoms with van der Waals surface area (Å²) in [7, 11) is 5.53. The van der Waals surface area contributed by atoms with E-state index in [0.717, 1.165) is 71.6 Å². The summed E-state index contributed by atoms with van der Waals surface area (Å²) in [5.74, 6) is 0.789. The number of fused-ring (bicyclic) bond motifs is 2. The van der Waals surface area contributed by atoms with Crippen molar-refractivity contribution in [3.63, 3.8) is 0 Å². The maximum Gasteiger partial charge on any atom is 0.291 e. The van der Waals surface area contributed by atoms with Crippen molar-refractivity contribution < 1.29 is 19.1 Å². The van der Waals surface area contributed by atoms with Gasteiger partial charge < -0.3 is 35.3 Å². The molecular formula is C37H42Cl2N6O4. The average molecular weight is 706 g/mol. The van der Waals surface area contributed by atoms with E-state index in [1.54, 1.807) is 25.3 Å². The van der Waals surface area contributed by atoms with Gasteiger partial charge in [0.05, 0.1) is 34.6 Å². The topological polar surface area (TPSA) is 124 Å². The van der Waals surface area contributed by atoms with Gasteiger partial charge in [-0.1, -0.05) is 67.4 Å². The summed E-state index contributed by atoms with van der Waals surface area (Å²) in [6.07, 6.45) is 2.13. The molecule has 0 saturated heterocycles. The van der Waals surface area contributed by atoms with Crippen LogP contribution in [0.3, 0.4) is 0 Å². The van der Waals surface area contributed by atoms with Gasteiger partial charge in [0.1, 0.15) is 17.6 Å². The number of nitrogens with zero attached hydrogens (tertiary/aromatic N) is 3. The summed E-state index contributed by atoms with van der Waals surface area (Å²) in [4.78, 5) is 32.2. The van der Waals surface area contributed by atoms with E-state index in [1.807, 2.05) is 49.7 Å². The molecule has 1 aliphatic carbocycles. The maximum absolute atomic E-state index is 13.4. The molecule has 6 rings (SSSR count). The van der Waals surface area contributed by atoms with Crippen molar-refractivity contribution in [2.24, 2.45) is 18.7 Å². The predicted octanol–water partition coefficient (Wildman–Crippen LogP) is 6.31. The van der Waals surface area contributed by atoms with E-state index < -0.39 is 11.9 Å². The molecule has 3 aromatic carbocycles. The number of nitrogens with one attached hydrogen (secondary N) is 2. The number of primary amides is 1. The summed E-state index contributed by atoms with van der Waals surface area (Å²) < 4.78 is 14.1. The van der Waals surface area contributed by atoms with E-state index in [4.69, 9.17) is 38.4 Å². The Bertz CT molecular complexity index is 1910. The largest absolute Gasteiger partial charge is 0.496 e. The second kappa shape index (κ2) is 14.4. The second-order valence-corrected chi connectivity index (χ2v) is 13.9. The standard InChI is InChI=1S/C37H42Cl2N6O4/c1-20(2)34(35(40)46)41-18-21-16-26(38)32(17-31(21)48-5)49-30-13-12-23-22(8-6-9-24(23)30)25-10-7-11-27(33(25)39)43-37(47)36-42-28-19-44(3)15-14-29(28)45(36)4/h6-11,16-17,20,30,34,41H,12-15,18-19H2,1-5H3,(H2,40,46)(H,43,47). The van der Waals surface area contributed by atoms with Crippen LogP contribution in [0.2, 0.25) is 10.0 Å². The molecule has 2 heterocycles. The van der Waals surface area contributed by atoms with Crippen LogP contribution in [0, 0.1) is 5.92 Å². The SMILES string of the molecule is COc1cc(OC2CCc3c(-c4cccc(NC(=O)c5nc6c(n5C)CCN(C)C6)c4Cl)cccc32)c(Cl)cc1CNC(C(N)=O)C(C)C.